The third-order valence-corrected chi connectivity index (χ3v) is 5.45. The van der Waals surface area contributed by atoms with Crippen LogP contribution in [0.3, 0.4) is 0 Å². The molecule has 1 saturated heterocycles. The summed E-state index contributed by atoms with van der Waals surface area (Å²) >= 11 is 0. The smallest absolute Gasteiger partial charge is 0.223 e. The molecular formula is C17H26N2O4S. The van der Waals surface area contributed by atoms with Crippen LogP contribution in [0, 0.1) is 12.8 Å². The van der Waals surface area contributed by atoms with Gasteiger partial charge in [0.25, 0.3) is 0 Å². The fraction of sp³-hybridized carbons (Fsp3) is 0.588. The summed E-state index contributed by atoms with van der Waals surface area (Å²) in [5.74, 6) is -0.0374. The first kappa shape index (κ1) is 18.9. The van der Waals surface area contributed by atoms with Gasteiger partial charge in [0.05, 0.1) is 6.26 Å². The minimum atomic E-state index is -3.33. The van der Waals surface area contributed by atoms with Gasteiger partial charge in [-0.15, -0.1) is 0 Å². The lowest BCUT2D eigenvalue weighted by atomic mass is 9.99. The normalized spacial score (nSPS) is 16.3. The highest BCUT2D eigenvalue weighted by molar-refractivity contribution is 7.88. The molecule has 6 nitrogen and oxygen atoms in total. The first-order valence-corrected chi connectivity index (χ1v) is 10.1. The Morgan fingerprint density at radius 1 is 1.25 bits per heavy atom. The van der Waals surface area contributed by atoms with Crippen molar-refractivity contribution in [3.05, 3.63) is 35.4 Å². The van der Waals surface area contributed by atoms with Crippen LogP contribution in [-0.4, -0.2) is 51.2 Å². The molecule has 1 aromatic carbocycles. The van der Waals surface area contributed by atoms with E-state index in [1.54, 1.807) is 0 Å². The van der Waals surface area contributed by atoms with Gasteiger partial charge in [-0.25, -0.2) is 8.42 Å². The van der Waals surface area contributed by atoms with Crippen molar-refractivity contribution >= 4 is 15.9 Å². The van der Waals surface area contributed by atoms with Crippen molar-refractivity contribution in [2.75, 3.05) is 32.6 Å². The summed E-state index contributed by atoms with van der Waals surface area (Å²) in [5, 5.41) is 2.85. The number of hydrogen-bond acceptors (Lipinski definition) is 4. The molecule has 1 aliphatic rings. The number of hydrogen-bond donors (Lipinski definition) is 1. The summed E-state index contributed by atoms with van der Waals surface area (Å²) in [7, 11) is -3.33. The molecule has 1 N–H and O–H groups in total. The van der Waals surface area contributed by atoms with Gasteiger partial charge in [0.1, 0.15) is 0 Å². The number of aryl methyl sites for hydroxylation is 1. The SMILES string of the molecule is Cc1ccc(CN(CCNC(=O)C2CCOCC2)S(C)(=O)=O)cc1. The minimum Gasteiger partial charge on any atom is -0.381 e. The molecule has 1 amide bonds. The van der Waals surface area contributed by atoms with Crippen molar-refractivity contribution in [2.45, 2.75) is 26.3 Å². The summed E-state index contributed by atoms with van der Waals surface area (Å²) in [6, 6.07) is 7.77. The van der Waals surface area contributed by atoms with Gasteiger partial charge in [0.15, 0.2) is 0 Å². The second kappa shape index (κ2) is 8.60. The highest BCUT2D eigenvalue weighted by Gasteiger charge is 2.22. The molecule has 0 atom stereocenters. The standard InChI is InChI=1S/C17H26N2O4S/c1-14-3-5-15(6-4-14)13-19(24(2,21)22)10-9-18-17(20)16-7-11-23-12-8-16/h3-6,16H,7-13H2,1-2H3,(H,18,20). The molecule has 24 heavy (non-hydrogen) atoms. The van der Waals surface area contributed by atoms with E-state index in [-0.39, 0.29) is 18.4 Å². The van der Waals surface area contributed by atoms with Crippen molar-refractivity contribution in [3.8, 4) is 0 Å². The number of nitrogens with zero attached hydrogens (tertiary/aromatic N) is 1. The number of nitrogens with one attached hydrogen (secondary N) is 1. The van der Waals surface area contributed by atoms with E-state index in [1.165, 1.54) is 10.6 Å². The first-order valence-electron chi connectivity index (χ1n) is 8.22. The molecule has 0 saturated carbocycles. The zero-order valence-electron chi connectivity index (χ0n) is 14.3. The van der Waals surface area contributed by atoms with Gasteiger partial charge in [-0.05, 0) is 25.3 Å². The molecule has 2 rings (SSSR count). The molecule has 7 heteroatoms. The van der Waals surface area contributed by atoms with E-state index < -0.39 is 10.0 Å². The van der Waals surface area contributed by atoms with Crippen LogP contribution >= 0.6 is 0 Å². The van der Waals surface area contributed by atoms with Gasteiger partial charge >= 0.3 is 0 Å². The van der Waals surface area contributed by atoms with Gasteiger partial charge in [-0.3, -0.25) is 4.79 Å². The van der Waals surface area contributed by atoms with Gasteiger partial charge in [-0.1, -0.05) is 29.8 Å². The third kappa shape index (κ3) is 5.89. The second-order valence-corrected chi connectivity index (χ2v) is 8.24. The summed E-state index contributed by atoms with van der Waals surface area (Å²) in [5.41, 5.74) is 2.06. The van der Waals surface area contributed by atoms with Crippen LogP contribution in [0.15, 0.2) is 24.3 Å². The monoisotopic (exact) mass is 354 g/mol. The summed E-state index contributed by atoms with van der Waals surface area (Å²) in [4.78, 5) is 12.1. The van der Waals surface area contributed by atoms with Crippen LogP contribution < -0.4 is 5.32 Å². The van der Waals surface area contributed by atoms with Crippen molar-refractivity contribution in [3.63, 3.8) is 0 Å². The number of sulfonamides is 1. The molecule has 134 valence electrons. The summed E-state index contributed by atoms with van der Waals surface area (Å²) in [6.07, 6.45) is 2.65. The molecule has 0 radical (unpaired) electrons. The molecule has 0 unspecified atom stereocenters. The van der Waals surface area contributed by atoms with E-state index in [9.17, 15) is 13.2 Å². The number of rotatable bonds is 7. The van der Waals surface area contributed by atoms with E-state index >= 15 is 0 Å². The number of carbonyl (C=O) groups excluding carboxylic acids is 1. The van der Waals surface area contributed by atoms with Gasteiger partial charge in [-0.2, -0.15) is 4.31 Å². The molecule has 0 bridgehead atoms. The number of amides is 1. The van der Waals surface area contributed by atoms with E-state index in [4.69, 9.17) is 4.74 Å². The topological polar surface area (TPSA) is 75.7 Å². The van der Waals surface area contributed by atoms with Crippen LogP contribution in [0.1, 0.15) is 24.0 Å². The molecular weight excluding hydrogens is 328 g/mol. The van der Waals surface area contributed by atoms with E-state index in [1.807, 2.05) is 31.2 Å². The van der Waals surface area contributed by atoms with Gasteiger partial charge in [0, 0.05) is 38.8 Å². The Bertz CT molecular complexity index is 637. The average Bonchev–Trinajstić information content (AvgIpc) is 2.55. The lowest BCUT2D eigenvalue weighted by Gasteiger charge is -2.23. The zero-order valence-corrected chi connectivity index (χ0v) is 15.1. The number of carbonyl (C=O) groups is 1. The highest BCUT2D eigenvalue weighted by atomic mass is 32.2. The molecule has 1 fully saturated rings. The Hall–Kier alpha value is -1.44. The summed E-state index contributed by atoms with van der Waals surface area (Å²) < 4.78 is 30.6. The molecule has 0 aliphatic carbocycles. The Labute approximate surface area is 144 Å². The maximum Gasteiger partial charge on any atom is 0.223 e. The molecule has 0 spiro atoms. The minimum absolute atomic E-state index is 0.0120. The fourth-order valence-corrected chi connectivity index (χ4v) is 3.47. The second-order valence-electron chi connectivity index (χ2n) is 6.26. The Morgan fingerprint density at radius 2 is 1.88 bits per heavy atom. The van der Waals surface area contributed by atoms with Crippen LogP contribution in [0.25, 0.3) is 0 Å². The van der Waals surface area contributed by atoms with Crippen molar-refractivity contribution in [1.82, 2.24) is 9.62 Å². The van der Waals surface area contributed by atoms with Crippen LogP contribution in [-0.2, 0) is 26.1 Å². The molecule has 1 aliphatic heterocycles. The Kier molecular flexibility index (Phi) is 6.77. The van der Waals surface area contributed by atoms with Crippen LogP contribution in [0.2, 0.25) is 0 Å². The van der Waals surface area contributed by atoms with E-state index in [0.29, 0.717) is 26.3 Å². The maximum absolute atomic E-state index is 12.1. The van der Waals surface area contributed by atoms with Gasteiger partial charge in [0.2, 0.25) is 15.9 Å². The molecule has 1 aromatic rings. The quantitative estimate of drug-likeness (QED) is 0.801. The maximum atomic E-state index is 12.1. The fourth-order valence-electron chi connectivity index (χ4n) is 2.67. The number of benzene rings is 1. The average molecular weight is 354 g/mol. The van der Waals surface area contributed by atoms with Crippen molar-refractivity contribution in [1.29, 1.82) is 0 Å². The molecule has 0 aromatic heterocycles. The van der Waals surface area contributed by atoms with E-state index in [2.05, 4.69) is 5.32 Å². The van der Waals surface area contributed by atoms with Crippen molar-refractivity contribution in [2.24, 2.45) is 5.92 Å². The summed E-state index contributed by atoms with van der Waals surface area (Å²) in [6.45, 7) is 4.11. The zero-order chi connectivity index (χ0) is 17.6. The van der Waals surface area contributed by atoms with Gasteiger partial charge < -0.3 is 10.1 Å². The largest absolute Gasteiger partial charge is 0.381 e. The van der Waals surface area contributed by atoms with Crippen molar-refractivity contribution < 1.29 is 17.9 Å². The van der Waals surface area contributed by atoms with Crippen LogP contribution in [0.4, 0.5) is 0 Å². The number of ether oxygens (including phenoxy) is 1. The van der Waals surface area contributed by atoms with Crippen LogP contribution in [0.5, 0.6) is 0 Å². The Balaban J connectivity index is 1.87. The lowest BCUT2D eigenvalue weighted by molar-refractivity contribution is -0.127. The predicted octanol–water partition coefficient (Wildman–Crippen LogP) is 1.30. The highest BCUT2D eigenvalue weighted by Crippen LogP contribution is 2.14. The van der Waals surface area contributed by atoms with E-state index in [0.717, 1.165) is 24.0 Å². The third-order valence-electron chi connectivity index (χ3n) is 4.20. The molecule has 1 heterocycles. The first-order chi connectivity index (χ1) is 11.4. The Morgan fingerprint density at radius 3 is 2.46 bits per heavy atom. The lowest BCUT2D eigenvalue weighted by Crippen LogP contribution is -2.40. The predicted molar refractivity (Wildman–Crippen MR) is 93.0 cm³/mol.